The van der Waals surface area contributed by atoms with Crippen LogP contribution in [0.5, 0.6) is 17.2 Å². The highest BCUT2D eigenvalue weighted by Gasteiger charge is 2.22. The number of ether oxygens (including phenoxy) is 4. The van der Waals surface area contributed by atoms with Crippen LogP contribution in [0.1, 0.15) is 0 Å². The van der Waals surface area contributed by atoms with Gasteiger partial charge in [0.25, 0.3) is 5.91 Å². The smallest absolute Gasteiger partial charge is 0.266 e. The highest BCUT2D eigenvalue weighted by Crippen LogP contribution is 2.31. The molecule has 1 aromatic heterocycles. The summed E-state index contributed by atoms with van der Waals surface area (Å²) in [7, 11) is 3.25. The molecule has 1 saturated heterocycles. The molecule has 3 aromatic rings. The lowest BCUT2D eigenvalue weighted by molar-refractivity contribution is -0.120. The molecule has 0 unspecified atom stereocenters. The third-order valence-electron chi connectivity index (χ3n) is 5.28. The Morgan fingerprint density at radius 1 is 1.06 bits per heavy atom. The van der Waals surface area contributed by atoms with Crippen LogP contribution in [-0.2, 0) is 9.53 Å². The van der Waals surface area contributed by atoms with Crippen molar-refractivity contribution in [3.63, 3.8) is 0 Å². The number of thiazole rings is 1. The van der Waals surface area contributed by atoms with Gasteiger partial charge in [-0.1, -0.05) is 11.3 Å². The quantitative estimate of drug-likeness (QED) is 0.489. The van der Waals surface area contributed by atoms with Crippen molar-refractivity contribution in [3.05, 3.63) is 42.5 Å². The van der Waals surface area contributed by atoms with E-state index in [1.54, 1.807) is 43.4 Å². The van der Waals surface area contributed by atoms with Crippen molar-refractivity contribution in [2.75, 3.05) is 65.1 Å². The zero-order chi connectivity index (χ0) is 22.3. The van der Waals surface area contributed by atoms with Crippen molar-refractivity contribution in [3.8, 4) is 17.2 Å². The number of benzene rings is 2. The first-order chi connectivity index (χ1) is 15.7. The predicted molar refractivity (Wildman–Crippen MR) is 124 cm³/mol. The molecule has 0 atom stereocenters. The van der Waals surface area contributed by atoms with Crippen LogP contribution in [0.15, 0.2) is 42.5 Å². The Kier molecular flexibility index (Phi) is 7.41. The minimum atomic E-state index is -0.139. The van der Waals surface area contributed by atoms with Crippen LogP contribution in [0.25, 0.3) is 10.2 Å². The van der Waals surface area contributed by atoms with Crippen molar-refractivity contribution in [1.29, 1.82) is 0 Å². The van der Waals surface area contributed by atoms with E-state index in [0.29, 0.717) is 17.4 Å². The van der Waals surface area contributed by atoms with Crippen LogP contribution in [0, 0.1) is 0 Å². The van der Waals surface area contributed by atoms with Crippen LogP contribution < -0.4 is 19.1 Å². The Labute approximate surface area is 191 Å². The highest BCUT2D eigenvalue weighted by atomic mass is 32.1. The second-order valence-electron chi connectivity index (χ2n) is 7.29. The Morgan fingerprint density at radius 2 is 1.75 bits per heavy atom. The predicted octanol–water partition coefficient (Wildman–Crippen LogP) is 3.06. The van der Waals surface area contributed by atoms with Crippen LogP contribution in [-0.4, -0.2) is 76.0 Å². The Morgan fingerprint density at radius 3 is 2.47 bits per heavy atom. The van der Waals surface area contributed by atoms with Gasteiger partial charge in [-0.05, 0) is 42.5 Å². The molecule has 1 aliphatic heterocycles. The summed E-state index contributed by atoms with van der Waals surface area (Å²) in [6.45, 7) is 4.36. The molecule has 0 aliphatic carbocycles. The summed E-state index contributed by atoms with van der Waals surface area (Å²) in [4.78, 5) is 21.9. The maximum absolute atomic E-state index is 13.2. The standard InChI is InChI=1S/C23H27N3O5S/c1-28-17-3-5-18(6-4-17)31-16-22(27)26(10-9-25-11-13-30-14-12-25)23-24-20-8-7-19(29-2)15-21(20)32-23/h3-8,15H,9-14,16H2,1-2H3. The largest absolute Gasteiger partial charge is 0.497 e. The fourth-order valence-electron chi connectivity index (χ4n) is 3.42. The maximum Gasteiger partial charge on any atom is 0.266 e. The molecule has 0 saturated carbocycles. The van der Waals surface area contributed by atoms with Gasteiger partial charge in [0.2, 0.25) is 0 Å². The summed E-state index contributed by atoms with van der Waals surface area (Å²) in [5.74, 6) is 1.98. The zero-order valence-corrected chi connectivity index (χ0v) is 19.1. The first-order valence-corrected chi connectivity index (χ1v) is 11.3. The second kappa shape index (κ2) is 10.6. The fourth-order valence-corrected chi connectivity index (χ4v) is 4.46. The molecule has 0 N–H and O–H groups in total. The molecule has 9 heteroatoms. The molecule has 1 amide bonds. The summed E-state index contributed by atoms with van der Waals surface area (Å²) in [6.07, 6.45) is 0. The van der Waals surface area contributed by atoms with Gasteiger partial charge in [-0.2, -0.15) is 0 Å². The van der Waals surface area contributed by atoms with E-state index in [0.717, 1.165) is 54.6 Å². The van der Waals surface area contributed by atoms with Crippen molar-refractivity contribution < 1.29 is 23.7 Å². The van der Waals surface area contributed by atoms with Gasteiger partial charge in [-0.15, -0.1) is 0 Å². The number of hydrogen-bond donors (Lipinski definition) is 0. The van der Waals surface area contributed by atoms with E-state index in [2.05, 4.69) is 4.90 Å². The Hall–Kier alpha value is -2.88. The number of aromatic nitrogens is 1. The lowest BCUT2D eigenvalue weighted by Crippen LogP contribution is -2.44. The van der Waals surface area contributed by atoms with Gasteiger partial charge in [0.1, 0.15) is 17.2 Å². The van der Waals surface area contributed by atoms with E-state index in [9.17, 15) is 4.79 Å². The number of carbonyl (C=O) groups excluding carboxylic acids is 1. The van der Waals surface area contributed by atoms with E-state index in [-0.39, 0.29) is 12.5 Å². The molecule has 1 fully saturated rings. The maximum atomic E-state index is 13.2. The molecule has 2 aromatic carbocycles. The van der Waals surface area contributed by atoms with Crippen molar-refractivity contribution in [2.45, 2.75) is 0 Å². The zero-order valence-electron chi connectivity index (χ0n) is 18.3. The third kappa shape index (κ3) is 5.48. The van der Waals surface area contributed by atoms with Gasteiger partial charge in [0.05, 0.1) is 37.6 Å². The molecule has 0 bridgehead atoms. The van der Waals surface area contributed by atoms with E-state index in [4.69, 9.17) is 23.9 Å². The van der Waals surface area contributed by atoms with Crippen LogP contribution >= 0.6 is 11.3 Å². The second-order valence-corrected chi connectivity index (χ2v) is 8.30. The number of rotatable bonds is 9. The van der Waals surface area contributed by atoms with Crippen molar-refractivity contribution >= 4 is 32.6 Å². The molecule has 8 nitrogen and oxygen atoms in total. The number of methoxy groups -OCH3 is 2. The molecule has 0 spiro atoms. The molecule has 170 valence electrons. The third-order valence-corrected chi connectivity index (χ3v) is 6.32. The highest BCUT2D eigenvalue weighted by molar-refractivity contribution is 7.22. The summed E-state index contributed by atoms with van der Waals surface area (Å²) in [5.41, 5.74) is 0.839. The minimum Gasteiger partial charge on any atom is -0.497 e. The van der Waals surface area contributed by atoms with E-state index >= 15 is 0 Å². The first-order valence-electron chi connectivity index (χ1n) is 10.5. The van der Waals surface area contributed by atoms with Gasteiger partial charge in [-0.25, -0.2) is 4.98 Å². The topological polar surface area (TPSA) is 73.4 Å². The van der Waals surface area contributed by atoms with Gasteiger partial charge in [0.15, 0.2) is 11.7 Å². The number of nitrogens with zero attached hydrogens (tertiary/aromatic N) is 3. The number of anilines is 1. The molecule has 0 radical (unpaired) electrons. The normalized spacial score (nSPS) is 14.3. The molecular formula is C23H27N3O5S. The Bertz CT molecular complexity index is 1030. The first kappa shape index (κ1) is 22.3. The SMILES string of the molecule is COc1ccc(OCC(=O)N(CCN2CCOCC2)c2nc3ccc(OC)cc3s2)cc1. The van der Waals surface area contributed by atoms with Crippen LogP contribution in [0.2, 0.25) is 0 Å². The monoisotopic (exact) mass is 457 g/mol. The Balaban J connectivity index is 1.49. The van der Waals surface area contributed by atoms with E-state index in [1.165, 1.54) is 11.3 Å². The van der Waals surface area contributed by atoms with Crippen molar-refractivity contribution in [1.82, 2.24) is 9.88 Å². The average Bonchev–Trinajstić information content (AvgIpc) is 3.26. The van der Waals surface area contributed by atoms with Crippen LogP contribution in [0.4, 0.5) is 5.13 Å². The van der Waals surface area contributed by atoms with Gasteiger partial charge < -0.3 is 18.9 Å². The van der Waals surface area contributed by atoms with E-state index < -0.39 is 0 Å². The van der Waals surface area contributed by atoms with Crippen LogP contribution in [0.3, 0.4) is 0 Å². The lowest BCUT2D eigenvalue weighted by Gasteiger charge is -2.29. The van der Waals surface area contributed by atoms with Gasteiger partial charge in [-0.3, -0.25) is 14.6 Å². The number of morpholine rings is 1. The van der Waals surface area contributed by atoms with Crippen molar-refractivity contribution in [2.24, 2.45) is 0 Å². The summed E-state index contributed by atoms with van der Waals surface area (Å²) < 4.78 is 22.6. The summed E-state index contributed by atoms with van der Waals surface area (Å²) >= 11 is 1.48. The number of carbonyl (C=O) groups is 1. The fraction of sp³-hybridized carbons (Fsp3) is 0.391. The average molecular weight is 458 g/mol. The molecule has 2 heterocycles. The summed E-state index contributed by atoms with van der Waals surface area (Å²) in [5, 5.41) is 0.657. The summed E-state index contributed by atoms with van der Waals surface area (Å²) in [6, 6.07) is 12.9. The molecule has 1 aliphatic rings. The number of amides is 1. The lowest BCUT2D eigenvalue weighted by atomic mass is 10.3. The minimum absolute atomic E-state index is 0.0747. The number of fused-ring (bicyclic) bond motifs is 1. The molecular weight excluding hydrogens is 430 g/mol. The molecule has 4 rings (SSSR count). The van der Waals surface area contributed by atoms with E-state index in [1.807, 2.05) is 18.2 Å². The van der Waals surface area contributed by atoms with Gasteiger partial charge in [0, 0.05) is 26.2 Å². The van der Waals surface area contributed by atoms with Gasteiger partial charge >= 0.3 is 0 Å². The number of hydrogen-bond acceptors (Lipinski definition) is 8. The molecule has 32 heavy (non-hydrogen) atoms.